The molecular weight excluding hydrogens is 262 g/mol. The third-order valence-electron chi connectivity index (χ3n) is 4.15. The minimum Gasteiger partial charge on any atom is -0.355 e. The maximum atomic E-state index is 12.0. The van der Waals surface area contributed by atoms with E-state index < -0.39 is 5.41 Å². The molecule has 0 radical (unpaired) electrons. The van der Waals surface area contributed by atoms with Crippen molar-refractivity contribution >= 4 is 5.91 Å². The Labute approximate surface area is 126 Å². The molecule has 2 rings (SSSR count). The van der Waals surface area contributed by atoms with Crippen LogP contribution >= 0.6 is 0 Å². The van der Waals surface area contributed by atoms with E-state index in [0.29, 0.717) is 19.4 Å². The number of hydrogen-bond acceptors (Lipinski definition) is 3. The predicted octanol–water partition coefficient (Wildman–Crippen LogP) is 2.32. The molecule has 0 saturated heterocycles. The van der Waals surface area contributed by atoms with Crippen LogP contribution in [0, 0.1) is 16.7 Å². The summed E-state index contributed by atoms with van der Waals surface area (Å²) in [7, 11) is 2.08. The highest BCUT2D eigenvalue weighted by molar-refractivity contribution is 5.86. The zero-order chi connectivity index (χ0) is 15.1. The second-order valence-electron chi connectivity index (χ2n) is 5.88. The number of rotatable bonds is 7. The number of amides is 1. The molecule has 1 fully saturated rings. The van der Waals surface area contributed by atoms with Crippen molar-refractivity contribution in [1.29, 1.82) is 5.26 Å². The van der Waals surface area contributed by atoms with Gasteiger partial charge in [-0.3, -0.25) is 4.79 Å². The Hall–Kier alpha value is -1.86. The maximum absolute atomic E-state index is 12.0. The van der Waals surface area contributed by atoms with Crippen molar-refractivity contribution in [2.75, 3.05) is 20.1 Å². The van der Waals surface area contributed by atoms with Crippen LogP contribution in [0.2, 0.25) is 0 Å². The van der Waals surface area contributed by atoms with E-state index in [1.165, 1.54) is 5.56 Å². The van der Waals surface area contributed by atoms with Gasteiger partial charge in [0.25, 0.3) is 0 Å². The van der Waals surface area contributed by atoms with Gasteiger partial charge in [0.1, 0.15) is 5.41 Å². The first-order valence-electron chi connectivity index (χ1n) is 7.58. The molecule has 0 aliphatic heterocycles. The number of nitriles is 1. The van der Waals surface area contributed by atoms with E-state index >= 15 is 0 Å². The lowest BCUT2D eigenvalue weighted by Gasteiger charge is -2.33. The number of nitrogens with one attached hydrogen (secondary N) is 1. The molecule has 1 aliphatic rings. The second-order valence-corrected chi connectivity index (χ2v) is 5.88. The highest BCUT2D eigenvalue weighted by atomic mass is 16.2. The predicted molar refractivity (Wildman–Crippen MR) is 82.3 cm³/mol. The minimum atomic E-state index is -0.726. The van der Waals surface area contributed by atoms with E-state index in [4.69, 9.17) is 5.26 Å². The van der Waals surface area contributed by atoms with Gasteiger partial charge in [0, 0.05) is 13.1 Å². The van der Waals surface area contributed by atoms with Gasteiger partial charge in [0.2, 0.25) is 5.91 Å². The minimum absolute atomic E-state index is 0.0815. The summed E-state index contributed by atoms with van der Waals surface area (Å²) in [5.74, 6) is -0.0815. The average molecular weight is 285 g/mol. The molecule has 0 aromatic heterocycles. The van der Waals surface area contributed by atoms with Crippen molar-refractivity contribution in [3.8, 4) is 6.07 Å². The molecule has 0 heterocycles. The van der Waals surface area contributed by atoms with Crippen LogP contribution < -0.4 is 5.32 Å². The van der Waals surface area contributed by atoms with Gasteiger partial charge < -0.3 is 10.2 Å². The van der Waals surface area contributed by atoms with Gasteiger partial charge in [-0.15, -0.1) is 0 Å². The monoisotopic (exact) mass is 285 g/mol. The summed E-state index contributed by atoms with van der Waals surface area (Å²) in [6.45, 7) is 2.48. The van der Waals surface area contributed by atoms with Crippen molar-refractivity contribution in [2.45, 2.75) is 32.2 Å². The fourth-order valence-corrected chi connectivity index (χ4v) is 2.61. The Morgan fingerprint density at radius 1 is 1.38 bits per heavy atom. The number of nitrogens with zero attached hydrogens (tertiary/aromatic N) is 2. The molecule has 0 bridgehead atoms. The zero-order valence-electron chi connectivity index (χ0n) is 12.6. The standard InChI is InChI=1S/C17H23N3O/c1-20(13-15-7-3-2-4-8-15)12-6-11-19-16(21)17(14-18)9-5-10-17/h2-4,7-8H,5-6,9-13H2,1H3,(H,19,21). The van der Waals surface area contributed by atoms with Gasteiger partial charge >= 0.3 is 0 Å². The average Bonchev–Trinajstić information content (AvgIpc) is 2.44. The number of carbonyl (C=O) groups is 1. The topological polar surface area (TPSA) is 56.1 Å². The summed E-state index contributed by atoms with van der Waals surface area (Å²) < 4.78 is 0. The lowest BCUT2D eigenvalue weighted by atomic mass is 9.69. The van der Waals surface area contributed by atoms with Crippen LogP contribution in [0.25, 0.3) is 0 Å². The van der Waals surface area contributed by atoms with Crippen molar-refractivity contribution < 1.29 is 4.79 Å². The smallest absolute Gasteiger partial charge is 0.240 e. The van der Waals surface area contributed by atoms with Crippen molar-refractivity contribution in [1.82, 2.24) is 10.2 Å². The summed E-state index contributed by atoms with van der Waals surface area (Å²) in [5.41, 5.74) is 0.567. The first-order valence-corrected chi connectivity index (χ1v) is 7.58. The third-order valence-corrected chi connectivity index (χ3v) is 4.15. The van der Waals surface area contributed by atoms with Gasteiger partial charge in [0.05, 0.1) is 6.07 Å². The first-order chi connectivity index (χ1) is 10.2. The molecule has 1 aliphatic carbocycles. The highest BCUT2D eigenvalue weighted by Crippen LogP contribution is 2.40. The number of carbonyl (C=O) groups excluding carboxylic acids is 1. The van der Waals surface area contributed by atoms with Crippen LogP contribution in [-0.2, 0) is 11.3 Å². The second kappa shape index (κ2) is 7.24. The fourth-order valence-electron chi connectivity index (χ4n) is 2.61. The van der Waals surface area contributed by atoms with Gasteiger partial charge in [-0.1, -0.05) is 30.3 Å². The summed E-state index contributed by atoms with van der Waals surface area (Å²) in [5, 5.41) is 12.0. The van der Waals surface area contributed by atoms with E-state index in [-0.39, 0.29) is 5.91 Å². The van der Waals surface area contributed by atoms with Crippen molar-refractivity contribution in [2.24, 2.45) is 5.41 Å². The molecule has 0 unspecified atom stereocenters. The van der Waals surface area contributed by atoms with E-state index in [2.05, 4.69) is 35.5 Å². The molecule has 0 spiro atoms. The molecule has 1 aromatic carbocycles. The summed E-state index contributed by atoms with van der Waals surface area (Å²) in [4.78, 5) is 14.2. The molecule has 21 heavy (non-hydrogen) atoms. The molecule has 1 aromatic rings. The van der Waals surface area contributed by atoms with Gasteiger partial charge in [-0.05, 0) is 44.8 Å². The Balaban J connectivity index is 1.63. The normalized spacial score (nSPS) is 16.0. The summed E-state index contributed by atoms with van der Waals surface area (Å²) >= 11 is 0. The fraction of sp³-hybridized carbons (Fsp3) is 0.529. The molecule has 0 atom stereocenters. The number of benzene rings is 1. The molecule has 4 nitrogen and oxygen atoms in total. The van der Waals surface area contributed by atoms with Gasteiger partial charge in [0.15, 0.2) is 0 Å². The van der Waals surface area contributed by atoms with E-state index in [1.54, 1.807) is 0 Å². The molecule has 1 N–H and O–H groups in total. The molecule has 112 valence electrons. The SMILES string of the molecule is CN(CCCNC(=O)C1(C#N)CCC1)Cc1ccccc1. The maximum Gasteiger partial charge on any atom is 0.240 e. The first kappa shape index (κ1) is 15.5. The van der Waals surface area contributed by atoms with E-state index in [0.717, 1.165) is 25.9 Å². The van der Waals surface area contributed by atoms with Crippen LogP contribution in [0.1, 0.15) is 31.2 Å². The Kier molecular flexibility index (Phi) is 5.35. The molecule has 4 heteroatoms. The van der Waals surface area contributed by atoms with E-state index in [9.17, 15) is 4.79 Å². The van der Waals surface area contributed by atoms with Crippen molar-refractivity contribution in [3.63, 3.8) is 0 Å². The lowest BCUT2D eigenvalue weighted by Crippen LogP contribution is -2.45. The Morgan fingerprint density at radius 2 is 2.10 bits per heavy atom. The zero-order valence-corrected chi connectivity index (χ0v) is 12.6. The van der Waals surface area contributed by atoms with E-state index in [1.807, 2.05) is 18.2 Å². The van der Waals surface area contributed by atoms with Crippen LogP contribution in [0.5, 0.6) is 0 Å². The third kappa shape index (κ3) is 4.05. The largest absolute Gasteiger partial charge is 0.355 e. The lowest BCUT2D eigenvalue weighted by molar-refractivity contribution is -0.131. The van der Waals surface area contributed by atoms with Crippen LogP contribution in [0.3, 0.4) is 0 Å². The van der Waals surface area contributed by atoms with Gasteiger partial charge in [-0.25, -0.2) is 0 Å². The Bertz CT molecular complexity index is 503. The van der Waals surface area contributed by atoms with Crippen molar-refractivity contribution in [3.05, 3.63) is 35.9 Å². The van der Waals surface area contributed by atoms with Crippen LogP contribution in [0.4, 0.5) is 0 Å². The highest BCUT2D eigenvalue weighted by Gasteiger charge is 2.44. The Morgan fingerprint density at radius 3 is 2.67 bits per heavy atom. The summed E-state index contributed by atoms with van der Waals surface area (Å²) in [6, 6.07) is 12.5. The van der Waals surface area contributed by atoms with Crippen LogP contribution in [0.15, 0.2) is 30.3 Å². The molecule has 1 amide bonds. The number of hydrogen-bond donors (Lipinski definition) is 1. The summed E-state index contributed by atoms with van der Waals surface area (Å²) in [6.07, 6.45) is 3.31. The van der Waals surface area contributed by atoms with Crippen LogP contribution in [-0.4, -0.2) is 30.9 Å². The van der Waals surface area contributed by atoms with Gasteiger partial charge in [-0.2, -0.15) is 5.26 Å². The quantitative estimate of drug-likeness (QED) is 0.782. The molecule has 1 saturated carbocycles. The molecular formula is C17H23N3O.